The summed E-state index contributed by atoms with van der Waals surface area (Å²) in [5.41, 5.74) is 0.927. The van der Waals surface area contributed by atoms with Crippen molar-refractivity contribution in [1.82, 2.24) is 10.2 Å². The van der Waals surface area contributed by atoms with Gasteiger partial charge >= 0.3 is 6.09 Å². The monoisotopic (exact) mass is 488 g/mol. The SMILES string of the molecule is CCC[C@@H]1C[C@H](O[Si](C)(C)C(C)(C)C)CC[C@@H]1N1CC[C@H](NC(=O)OCc2ccccc2)C1=O. The zero-order valence-electron chi connectivity index (χ0n) is 21.9. The molecule has 2 amide bonds. The van der Waals surface area contributed by atoms with Crippen molar-refractivity contribution in [3.63, 3.8) is 0 Å². The van der Waals surface area contributed by atoms with Gasteiger partial charge in [0.05, 0.1) is 0 Å². The van der Waals surface area contributed by atoms with Gasteiger partial charge in [-0.05, 0) is 61.7 Å². The Hall–Kier alpha value is -1.86. The van der Waals surface area contributed by atoms with Gasteiger partial charge in [0.2, 0.25) is 5.91 Å². The van der Waals surface area contributed by atoms with Gasteiger partial charge in [0.15, 0.2) is 8.32 Å². The lowest BCUT2D eigenvalue weighted by Crippen LogP contribution is -2.51. The largest absolute Gasteiger partial charge is 0.445 e. The minimum atomic E-state index is -1.82. The highest BCUT2D eigenvalue weighted by Gasteiger charge is 2.45. The molecular weight excluding hydrogens is 444 g/mol. The molecule has 1 aliphatic heterocycles. The van der Waals surface area contributed by atoms with Crippen molar-refractivity contribution in [2.45, 2.75) is 109 Å². The fraction of sp³-hybridized carbons (Fsp3) is 0.704. The molecule has 190 valence electrons. The molecule has 1 saturated heterocycles. The Morgan fingerprint density at radius 1 is 1.15 bits per heavy atom. The van der Waals surface area contributed by atoms with Gasteiger partial charge in [-0.25, -0.2) is 4.79 Å². The third kappa shape index (κ3) is 6.63. The van der Waals surface area contributed by atoms with E-state index in [2.05, 4.69) is 46.1 Å². The molecule has 1 N–H and O–H groups in total. The van der Waals surface area contributed by atoms with Gasteiger partial charge in [0.25, 0.3) is 0 Å². The Balaban J connectivity index is 1.55. The fourth-order valence-corrected chi connectivity index (χ4v) is 6.47. The molecule has 1 aromatic rings. The van der Waals surface area contributed by atoms with E-state index < -0.39 is 20.5 Å². The van der Waals surface area contributed by atoms with Crippen molar-refractivity contribution < 1.29 is 18.8 Å². The van der Waals surface area contributed by atoms with Gasteiger partial charge in [-0.1, -0.05) is 64.4 Å². The number of nitrogens with zero attached hydrogens (tertiary/aromatic N) is 1. The first kappa shape index (κ1) is 26.7. The van der Waals surface area contributed by atoms with Gasteiger partial charge in [-0.2, -0.15) is 0 Å². The molecule has 34 heavy (non-hydrogen) atoms. The normalized spacial score (nSPS) is 25.9. The smallest absolute Gasteiger partial charge is 0.408 e. The van der Waals surface area contributed by atoms with Crippen LogP contribution >= 0.6 is 0 Å². The van der Waals surface area contributed by atoms with Crippen molar-refractivity contribution in [2.24, 2.45) is 5.92 Å². The zero-order valence-corrected chi connectivity index (χ0v) is 22.9. The van der Waals surface area contributed by atoms with Crippen LogP contribution in [0.1, 0.15) is 71.8 Å². The van der Waals surface area contributed by atoms with E-state index in [-0.39, 0.29) is 29.7 Å². The summed E-state index contributed by atoms with van der Waals surface area (Å²) in [4.78, 5) is 27.6. The first-order chi connectivity index (χ1) is 16.0. The van der Waals surface area contributed by atoms with Gasteiger partial charge in [0.1, 0.15) is 12.6 Å². The quantitative estimate of drug-likeness (QED) is 0.465. The van der Waals surface area contributed by atoms with Crippen LogP contribution in [0.25, 0.3) is 0 Å². The van der Waals surface area contributed by atoms with Crippen LogP contribution in [0, 0.1) is 5.92 Å². The Kier molecular flexibility index (Phi) is 8.85. The number of ether oxygens (including phenoxy) is 1. The van der Waals surface area contributed by atoms with E-state index in [9.17, 15) is 9.59 Å². The number of carbonyl (C=O) groups excluding carboxylic acids is 2. The molecule has 1 aromatic carbocycles. The third-order valence-electron chi connectivity index (χ3n) is 7.97. The topological polar surface area (TPSA) is 67.9 Å². The first-order valence-electron chi connectivity index (χ1n) is 13.0. The number of hydrogen-bond acceptors (Lipinski definition) is 4. The second-order valence-electron chi connectivity index (χ2n) is 11.5. The summed E-state index contributed by atoms with van der Waals surface area (Å²) in [5.74, 6) is 0.479. The van der Waals surface area contributed by atoms with Gasteiger partial charge in [-0.15, -0.1) is 0 Å². The maximum atomic E-state index is 13.2. The lowest BCUT2D eigenvalue weighted by atomic mass is 9.79. The van der Waals surface area contributed by atoms with Gasteiger partial charge < -0.3 is 19.4 Å². The van der Waals surface area contributed by atoms with Crippen LogP contribution in [0.4, 0.5) is 4.79 Å². The van der Waals surface area contributed by atoms with E-state index in [0.29, 0.717) is 18.9 Å². The molecule has 3 rings (SSSR count). The maximum absolute atomic E-state index is 13.2. The predicted molar refractivity (Wildman–Crippen MR) is 138 cm³/mol. The summed E-state index contributed by atoms with van der Waals surface area (Å²) in [6.07, 6.45) is 5.59. The lowest BCUT2D eigenvalue weighted by Gasteiger charge is -2.45. The van der Waals surface area contributed by atoms with Gasteiger partial charge in [-0.3, -0.25) is 4.79 Å². The molecule has 2 fully saturated rings. The van der Waals surface area contributed by atoms with Crippen molar-refractivity contribution in [3.8, 4) is 0 Å². The summed E-state index contributed by atoms with van der Waals surface area (Å²) in [6.45, 7) is 14.6. The highest BCUT2D eigenvalue weighted by atomic mass is 28.4. The lowest BCUT2D eigenvalue weighted by molar-refractivity contribution is -0.133. The van der Waals surface area contributed by atoms with Crippen LogP contribution in [-0.2, 0) is 20.6 Å². The fourth-order valence-electron chi connectivity index (χ4n) is 5.07. The second-order valence-corrected chi connectivity index (χ2v) is 16.3. The number of hydrogen-bond donors (Lipinski definition) is 1. The average Bonchev–Trinajstić information content (AvgIpc) is 3.12. The van der Waals surface area contributed by atoms with E-state index >= 15 is 0 Å². The number of carbonyl (C=O) groups is 2. The number of benzene rings is 1. The second kappa shape index (κ2) is 11.3. The Morgan fingerprint density at radius 3 is 2.50 bits per heavy atom. The molecule has 0 spiro atoms. The molecule has 0 unspecified atom stereocenters. The Morgan fingerprint density at radius 2 is 1.85 bits per heavy atom. The summed E-state index contributed by atoms with van der Waals surface area (Å²) in [7, 11) is -1.82. The van der Waals surface area contributed by atoms with Crippen LogP contribution in [0.3, 0.4) is 0 Å². The molecule has 0 bridgehead atoms. The Labute approximate surface area is 206 Å². The molecule has 0 radical (unpaired) electrons. The summed E-state index contributed by atoms with van der Waals surface area (Å²) in [5, 5.41) is 3.00. The Bertz CT molecular complexity index is 824. The van der Waals surface area contributed by atoms with Crippen molar-refractivity contribution in [2.75, 3.05) is 6.54 Å². The predicted octanol–water partition coefficient (Wildman–Crippen LogP) is 5.87. The van der Waals surface area contributed by atoms with Crippen LogP contribution in [-0.4, -0.2) is 50.0 Å². The third-order valence-corrected chi connectivity index (χ3v) is 12.5. The van der Waals surface area contributed by atoms with Crippen LogP contribution in [0.2, 0.25) is 18.1 Å². The molecule has 1 heterocycles. The molecule has 7 heteroatoms. The first-order valence-corrected chi connectivity index (χ1v) is 15.9. The van der Waals surface area contributed by atoms with Crippen molar-refractivity contribution >= 4 is 20.3 Å². The molecule has 1 saturated carbocycles. The van der Waals surface area contributed by atoms with E-state index in [1.54, 1.807) is 0 Å². The van der Waals surface area contributed by atoms with E-state index in [1.165, 1.54) is 0 Å². The van der Waals surface area contributed by atoms with Crippen molar-refractivity contribution in [1.29, 1.82) is 0 Å². The summed E-state index contributed by atoms with van der Waals surface area (Å²) < 4.78 is 12.1. The summed E-state index contributed by atoms with van der Waals surface area (Å²) >= 11 is 0. The molecular formula is C27H44N2O4Si. The number of likely N-dealkylation sites (tertiary alicyclic amines) is 1. The average molecular weight is 489 g/mol. The summed E-state index contributed by atoms with van der Waals surface area (Å²) in [6, 6.07) is 9.31. The van der Waals surface area contributed by atoms with E-state index in [0.717, 1.165) is 37.7 Å². The van der Waals surface area contributed by atoms with Crippen LogP contribution < -0.4 is 5.32 Å². The number of amides is 2. The minimum Gasteiger partial charge on any atom is -0.445 e. The molecule has 1 aliphatic carbocycles. The highest BCUT2D eigenvalue weighted by molar-refractivity contribution is 6.74. The number of nitrogens with one attached hydrogen (secondary N) is 1. The van der Waals surface area contributed by atoms with Gasteiger partial charge in [0, 0.05) is 18.7 Å². The molecule has 6 nitrogen and oxygen atoms in total. The molecule has 2 aliphatic rings. The minimum absolute atomic E-state index is 0.0338. The van der Waals surface area contributed by atoms with Crippen LogP contribution in [0.15, 0.2) is 30.3 Å². The van der Waals surface area contributed by atoms with E-state index in [1.807, 2.05) is 35.2 Å². The number of alkyl carbamates (subject to hydrolysis) is 1. The molecule has 0 aromatic heterocycles. The number of rotatable bonds is 8. The van der Waals surface area contributed by atoms with E-state index in [4.69, 9.17) is 9.16 Å². The standard InChI is InChI=1S/C27H44N2O4Si/c1-7-11-21-18-22(33-34(5,6)27(2,3)4)14-15-24(21)29-17-16-23(25(29)30)28-26(31)32-19-20-12-9-8-10-13-20/h8-10,12-13,21-24H,7,11,14-19H2,1-6H3,(H,28,31)/t21-,22-,23+,24+/m1/s1. The van der Waals surface area contributed by atoms with Crippen LogP contribution in [0.5, 0.6) is 0 Å². The zero-order chi connectivity index (χ0) is 24.9. The molecule has 4 atom stereocenters. The van der Waals surface area contributed by atoms with Crippen molar-refractivity contribution in [3.05, 3.63) is 35.9 Å². The maximum Gasteiger partial charge on any atom is 0.408 e. The highest BCUT2D eigenvalue weighted by Crippen LogP contribution is 2.41.